The first kappa shape index (κ1) is 15.5. The van der Waals surface area contributed by atoms with Crippen LogP contribution in [-0.2, 0) is 6.42 Å². The largest absolute Gasteiger partial charge is 1.00 e. The molecular formula is C13H19Cl2N. The lowest BCUT2D eigenvalue weighted by Crippen LogP contribution is -3.00. The lowest BCUT2D eigenvalue weighted by molar-refractivity contribution is -0.864. The van der Waals surface area contributed by atoms with Crippen LogP contribution in [0, 0.1) is 0 Å². The van der Waals surface area contributed by atoms with Crippen molar-refractivity contribution >= 4 is 11.6 Å². The lowest BCUT2D eigenvalue weighted by Gasteiger charge is -2.21. The first-order valence-electron chi connectivity index (χ1n) is 5.17. The molecular weight excluding hydrogens is 241 g/mol. The maximum Gasteiger partial charge on any atom is 0.0967 e. The van der Waals surface area contributed by atoms with Crippen LogP contribution in [0.2, 0.25) is 5.02 Å². The van der Waals surface area contributed by atoms with Gasteiger partial charge in [0.25, 0.3) is 0 Å². The average Bonchev–Trinajstić information content (AvgIpc) is 2.14. The predicted molar refractivity (Wildman–Crippen MR) is 67.2 cm³/mol. The smallest absolute Gasteiger partial charge is 0.0967 e. The fourth-order valence-electron chi connectivity index (χ4n) is 1.23. The van der Waals surface area contributed by atoms with Gasteiger partial charge in [-0.25, -0.2) is 0 Å². The molecule has 3 heteroatoms. The van der Waals surface area contributed by atoms with Crippen molar-refractivity contribution in [3.05, 3.63) is 47.0 Å². The quantitative estimate of drug-likeness (QED) is 0.534. The number of likely N-dealkylation sites (N-methyl/N-ethyl adjacent to an activating group) is 1. The normalized spacial score (nSPS) is 11.5. The van der Waals surface area contributed by atoms with E-state index in [1.165, 1.54) is 5.56 Å². The summed E-state index contributed by atoms with van der Waals surface area (Å²) in [6.07, 6.45) is 5.43. The second-order valence-corrected chi connectivity index (χ2v) is 5.21. The van der Waals surface area contributed by atoms with Crippen LogP contribution in [0.25, 0.3) is 0 Å². The summed E-state index contributed by atoms with van der Waals surface area (Å²) in [7, 11) is 6.56. The molecule has 0 fully saturated rings. The highest BCUT2D eigenvalue weighted by atomic mass is 35.5. The number of benzene rings is 1. The average molecular weight is 260 g/mol. The molecule has 0 unspecified atom stereocenters. The van der Waals surface area contributed by atoms with E-state index < -0.39 is 0 Å². The second kappa shape index (κ2) is 6.95. The van der Waals surface area contributed by atoms with Crippen molar-refractivity contribution in [2.75, 3.05) is 27.7 Å². The van der Waals surface area contributed by atoms with Crippen LogP contribution in [0.1, 0.15) is 5.56 Å². The van der Waals surface area contributed by atoms with Crippen molar-refractivity contribution in [3.8, 4) is 0 Å². The maximum atomic E-state index is 5.81. The van der Waals surface area contributed by atoms with Crippen LogP contribution < -0.4 is 12.4 Å². The molecule has 0 aliphatic carbocycles. The van der Waals surface area contributed by atoms with E-state index in [0.29, 0.717) is 0 Å². The highest BCUT2D eigenvalue weighted by Crippen LogP contribution is 2.10. The fraction of sp³-hybridized carbons (Fsp3) is 0.385. The van der Waals surface area contributed by atoms with Gasteiger partial charge in [0.05, 0.1) is 27.7 Å². The number of halogens is 2. The van der Waals surface area contributed by atoms with Crippen LogP contribution in [0.4, 0.5) is 0 Å². The summed E-state index contributed by atoms with van der Waals surface area (Å²) in [6.45, 7) is 1.06. The van der Waals surface area contributed by atoms with Gasteiger partial charge in [-0.15, -0.1) is 0 Å². The Morgan fingerprint density at radius 2 is 1.62 bits per heavy atom. The molecule has 1 aromatic rings. The van der Waals surface area contributed by atoms with E-state index in [-0.39, 0.29) is 12.4 Å². The van der Waals surface area contributed by atoms with Crippen molar-refractivity contribution in [1.29, 1.82) is 0 Å². The van der Waals surface area contributed by atoms with E-state index in [2.05, 4.69) is 45.4 Å². The molecule has 1 rings (SSSR count). The minimum atomic E-state index is 0. The summed E-state index contributed by atoms with van der Waals surface area (Å²) in [4.78, 5) is 0. The van der Waals surface area contributed by atoms with Gasteiger partial charge in [-0.1, -0.05) is 29.8 Å². The van der Waals surface area contributed by atoms with Gasteiger partial charge < -0.3 is 16.9 Å². The molecule has 1 nitrogen and oxygen atoms in total. The number of nitrogens with zero attached hydrogens (tertiary/aromatic N) is 1. The summed E-state index contributed by atoms with van der Waals surface area (Å²) in [5.74, 6) is 0. The monoisotopic (exact) mass is 259 g/mol. The number of quaternary nitrogens is 1. The van der Waals surface area contributed by atoms with E-state index in [9.17, 15) is 0 Å². The summed E-state index contributed by atoms with van der Waals surface area (Å²) >= 11 is 5.81. The highest BCUT2D eigenvalue weighted by molar-refractivity contribution is 6.30. The Balaban J connectivity index is 0.00000225. The SMILES string of the molecule is C[N+](C)(C)C/C=C\Cc1ccc(Cl)cc1.[Cl-]. The third kappa shape index (κ3) is 6.89. The van der Waals surface area contributed by atoms with E-state index >= 15 is 0 Å². The zero-order chi connectivity index (χ0) is 11.3. The van der Waals surface area contributed by atoms with Gasteiger partial charge >= 0.3 is 0 Å². The minimum Gasteiger partial charge on any atom is -1.00 e. The van der Waals surface area contributed by atoms with Gasteiger partial charge in [0.1, 0.15) is 0 Å². The predicted octanol–water partition coefficient (Wildman–Crippen LogP) is 0.149. The Morgan fingerprint density at radius 1 is 1.06 bits per heavy atom. The zero-order valence-electron chi connectivity index (χ0n) is 10.1. The van der Waals surface area contributed by atoms with Crippen LogP contribution in [0.3, 0.4) is 0 Å². The fourth-order valence-corrected chi connectivity index (χ4v) is 1.36. The number of hydrogen-bond acceptors (Lipinski definition) is 0. The molecule has 1 aromatic carbocycles. The van der Waals surface area contributed by atoms with E-state index in [4.69, 9.17) is 11.6 Å². The van der Waals surface area contributed by atoms with E-state index in [0.717, 1.165) is 22.5 Å². The molecule has 0 aliphatic rings. The van der Waals surface area contributed by atoms with Crippen molar-refractivity contribution in [2.45, 2.75) is 6.42 Å². The topological polar surface area (TPSA) is 0 Å². The van der Waals surface area contributed by atoms with Crippen molar-refractivity contribution < 1.29 is 16.9 Å². The molecule has 0 aliphatic heterocycles. The number of allylic oxidation sites excluding steroid dienone is 1. The third-order valence-corrected chi connectivity index (χ3v) is 2.34. The Kier molecular flexibility index (Phi) is 6.73. The second-order valence-electron chi connectivity index (χ2n) is 4.77. The summed E-state index contributed by atoms with van der Waals surface area (Å²) in [5, 5.41) is 0.800. The van der Waals surface area contributed by atoms with Crippen LogP contribution in [-0.4, -0.2) is 32.2 Å². The molecule has 0 radical (unpaired) electrons. The first-order valence-corrected chi connectivity index (χ1v) is 5.55. The van der Waals surface area contributed by atoms with Crippen molar-refractivity contribution in [2.24, 2.45) is 0 Å². The van der Waals surface area contributed by atoms with Crippen LogP contribution >= 0.6 is 11.6 Å². The molecule has 0 heterocycles. The molecule has 0 spiro atoms. The summed E-state index contributed by atoms with van der Waals surface area (Å²) in [6, 6.07) is 8.01. The molecule has 0 amide bonds. The molecule has 0 bridgehead atoms. The minimum absolute atomic E-state index is 0. The van der Waals surface area contributed by atoms with Crippen LogP contribution in [0.5, 0.6) is 0 Å². The van der Waals surface area contributed by atoms with E-state index in [1.807, 2.05) is 12.1 Å². The van der Waals surface area contributed by atoms with Gasteiger partial charge in [-0.2, -0.15) is 0 Å². The Hall–Kier alpha value is -0.500. The Bertz CT molecular complexity index is 323. The van der Waals surface area contributed by atoms with Gasteiger partial charge in [0.2, 0.25) is 0 Å². The van der Waals surface area contributed by atoms with Gasteiger partial charge in [-0.3, -0.25) is 0 Å². The molecule has 90 valence electrons. The molecule has 0 saturated heterocycles. The molecule has 0 atom stereocenters. The Labute approximate surface area is 110 Å². The van der Waals surface area contributed by atoms with Crippen molar-refractivity contribution in [1.82, 2.24) is 0 Å². The zero-order valence-corrected chi connectivity index (χ0v) is 11.6. The van der Waals surface area contributed by atoms with Crippen molar-refractivity contribution in [3.63, 3.8) is 0 Å². The lowest BCUT2D eigenvalue weighted by atomic mass is 10.1. The number of rotatable bonds is 4. The van der Waals surface area contributed by atoms with Gasteiger partial charge in [0.15, 0.2) is 0 Å². The number of hydrogen-bond donors (Lipinski definition) is 0. The molecule has 0 N–H and O–H groups in total. The standard InChI is InChI=1S/C13H19ClN.ClH/c1-15(2,3)11-5-4-6-12-7-9-13(14)10-8-12;/h4-5,7-10H,6,11H2,1-3H3;1H/q+1;/p-1/b5-4-;. The first-order chi connectivity index (χ1) is 6.97. The molecule has 16 heavy (non-hydrogen) atoms. The van der Waals surface area contributed by atoms with Gasteiger partial charge in [0, 0.05) is 5.02 Å². The summed E-state index contributed by atoms with van der Waals surface area (Å²) < 4.78 is 0.969. The molecule has 0 saturated carbocycles. The summed E-state index contributed by atoms with van der Waals surface area (Å²) in [5.41, 5.74) is 1.30. The highest BCUT2D eigenvalue weighted by Gasteiger charge is 2.01. The molecule has 0 aromatic heterocycles. The Morgan fingerprint density at radius 3 is 2.12 bits per heavy atom. The van der Waals surface area contributed by atoms with Crippen LogP contribution in [0.15, 0.2) is 36.4 Å². The van der Waals surface area contributed by atoms with E-state index in [1.54, 1.807) is 0 Å². The third-order valence-electron chi connectivity index (χ3n) is 2.09. The maximum absolute atomic E-state index is 5.81. The van der Waals surface area contributed by atoms with Gasteiger partial charge in [-0.05, 0) is 30.2 Å².